The average molecular weight is 586 g/mol. The Morgan fingerprint density at radius 3 is 2.71 bits per heavy atom. The van der Waals surface area contributed by atoms with Gasteiger partial charge in [0.15, 0.2) is 35.2 Å². The van der Waals surface area contributed by atoms with Gasteiger partial charge in [-0.25, -0.2) is 28.1 Å². The quantitative estimate of drug-likeness (QED) is 0.239. The summed E-state index contributed by atoms with van der Waals surface area (Å²) in [4.78, 5) is 37.3. The first-order valence-electron chi connectivity index (χ1n) is 12.9. The van der Waals surface area contributed by atoms with Crippen molar-refractivity contribution in [1.82, 2.24) is 29.0 Å². The second kappa shape index (κ2) is 11.2. The van der Waals surface area contributed by atoms with Gasteiger partial charge in [0.05, 0.1) is 18.6 Å². The topological polar surface area (TPSA) is 120 Å². The number of hydrogen-bond donors (Lipinski definition) is 0. The van der Waals surface area contributed by atoms with E-state index in [0.717, 1.165) is 17.4 Å². The second-order valence-corrected chi connectivity index (χ2v) is 10.2. The van der Waals surface area contributed by atoms with E-state index in [0.29, 0.717) is 66.8 Å². The number of anilines is 1. The first-order chi connectivity index (χ1) is 19.9. The van der Waals surface area contributed by atoms with E-state index >= 15 is 0 Å². The van der Waals surface area contributed by atoms with Crippen LogP contribution in [-0.2, 0) is 16.1 Å². The molecule has 0 N–H and O–H groups in total. The average Bonchev–Trinajstić information content (AvgIpc) is 3.70. The van der Waals surface area contributed by atoms with Gasteiger partial charge in [0.2, 0.25) is 5.82 Å². The molecular formula is C26H25F2N7O5S. The predicted molar refractivity (Wildman–Crippen MR) is 145 cm³/mol. The first-order valence-corrected chi connectivity index (χ1v) is 13.8. The fraction of sp³-hybridized carbons (Fsp3) is 0.346. The van der Waals surface area contributed by atoms with Crippen molar-refractivity contribution >= 4 is 39.0 Å². The Kier molecular flexibility index (Phi) is 7.36. The van der Waals surface area contributed by atoms with Gasteiger partial charge in [-0.15, -0.1) is 5.10 Å². The van der Waals surface area contributed by atoms with Crippen molar-refractivity contribution in [3.63, 3.8) is 0 Å². The number of aromatic nitrogens is 5. The van der Waals surface area contributed by atoms with E-state index in [4.69, 9.17) is 13.9 Å². The first kappa shape index (κ1) is 26.8. The molecule has 6 rings (SSSR count). The zero-order valence-corrected chi connectivity index (χ0v) is 22.8. The summed E-state index contributed by atoms with van der Waals surface area (Å²) in [5, 5.41) is 4.39. The van der Waals surface area contributed by atoms with Crippen molar-refractivity contribution in [2.24, 2.45) is 0 Å². The molecule has 0 atom stereocenters. The molecule has 0 radical (unpaired) electrons. The number of esters is 1. The van der Waals surface area contributed by atoms with Crippen LogP contribution in [0.1, 0.15) is 6.92 Å². The van der Waals surface area contributed by atoms with Crippen LogP contribution in [0.15, 0.2) is 46.1 Å². The summed E-state index contributed by atoms with van der Waals surface area (Å²) in [5.41, 5.74) is 1.26. The molecule has 0 unspecified atom stereocenters. The molecule has 12 nitrogen and oxygen atoms in total. The van der Waals surface area contributed by atoms with Crippen molar-refractivity contribution in [3.8, 4) is 17.3 Å². The van der Waals surface area contributed by atoms with Gasteiger partial charge < -0.3 is 18.8 Å². The van der Waals surface area contributed by atoms with E-state index in [2.05, 4.69) is 20.0 Å². The molecule has 41 heavy (non-hydrogen) atoms. The Labute approximate surface area is 235 Å². The van der Waals surface area contributed by atoms with E-state index in [-0.39, 0.29) is 22.9 Å². The summed E-state index contributed by atoms with van der Waals surface area (Å²) < 4.78 is 48.1. The van der Waals surface area contributed by atoms with Crippen LogP contribution in [-0.4, -0.2) is 81.0 Å². The minimum Gasteiger partial charge on any atom is -0.479 e. The van der Waals surface area contributed by atoms with E-state index in [1.165, 1.54) is 16.9 Å². The molecule has 0 bridgehead atoms. The molecule has 1 fully saturated rings. The molecule has 5 heterocycles. The SMILES string of the molecule is CCOC(=O)COc1cc(N2CCN(CCn3c(=O)sc4c3ncn3nc(-c5ccco5)nc43)CC2)c(F)cc1F. The molecular weight excluding hydrogens is 560 g/mol. The molecule has 0 aliphatic carbocycles. The number of halogens is 2. The number of carbonyl (C=O) groups excluding carboxylic acids is 1. The van der Waals surface area contributed by atoms with Crippen molar-refractivity contribution in [2.75, 3.05) is 50.8 Å². The Morgan fingerprint density at radius 1 is 1.12 bits per heavy atom. The second-order valence-electron chi connectivity index (χ2n) is 9.25. The molecule has 0 amide bonds. The number of furan rings is 1. The molecule has 1 aliphatic rings. The van der Waals surface area contributed by atoms with Gasteiger partial charge in [0.25, 0.3) is 0 Å². The van der Waals surface area contributed by atoms with Crippen LogP contribution < -0.4 is 14.5 Å². The molecule has 0 spiro atoms. The van der Waals surface area contributed by atoms with Gasteiger partial charge in [-0.1, -0.05) is 11.3 Å². The van der Waals surface area contributed by atoms with Crippen molar-refractivity contribution in [3.05, 3.63) is 58.2 Å². The van der Waals surface area contributed by atoms with Crippen molar-refractivity contribution < 1.29 is 27.5 Å². The van der Waals surface area contributed by atoms with Crippen LogP contribution >= 0.6 is 11.3 Å². The van der Waals surface area contributed by atoms with E-state index < -0.39 is 24.2 Å². The van der Waals surface area contributed by atoms with Crippen molar-refractivity contribution in [1.29, 1.82) is 0 Å². The lowest BCUT2D eigenvalue weighted by Gasteiger charge is -2.36. The zero-order chi connectivity index (χ0) is 28.5. The third-order valence-corrected chi connectivity index (χ3v) is 7.70. The fourth-order valence-electron chi connectivity index (χ4n) is 4.71. The predicted octanol–water partition coefficient (Wildman–Crippen LogP) is 2.80. The molecule has 214 valence electrons. The Balaban J connectivity index is 1.11. The Hall–Kier alpha value is -4.37. The monoisotopic (exact) mass is 585 g/mol. The number of fused-ring (bicyclic) bond motifs is 3. The summed E-state index contributed by atoms with van der Waals surface area (Å²) in [6.07, 6.45) is 3.07. The lowest BCUT2D eigenvalue weighted by Crippen LogP contribution is -2.47. The van der Waals surface area contributed by atoms with Crippen LogP contribution in [0, 0.1) is 11.6 Å². The van der Waals surface area contributed by atoms with E-state index in [1.807, 2.05) is 0 Å². The number of thiazole rings is 1. The maximum Gasteiger partial charge on any atom is 0.344 e. The van der Waals surface area contributed by atoms with Gasteiger partial charge in [0, 0.05) is 51.4 Å². The number of benzene rings is 1. The highest BCUT2D eigenvalue weighted by molar-refractivity contribution is 7.17. The van der Waals surface area contributed by atoms with Crippen LogP contribution in [0.2, 0.25) is 0 Å². The Bertz CT molecular complexity index is 1760. The lowest BCUT2D eigenvalue weighted by molar-refractivity contribution is -0.145. The fourth-order valence-corrected chi connectivity index (χ4v) is 5.66. The summed E-state index contributed by atoms with van der Waals surface area (Å²) >= 11 is 1.07. The summed E-state index contributed by atoms with van der Waals surface area (Å²) in [6, 6.07) is 5.54. The van der Waals surface area contributed by atoms with Gasteiger partial charge >= 0.3 is 10.8 Å². The molecule has 4 aromatic heterocycles. The molecule has 1 aliphatic heterocycles. The minimum atomic E-state index is -0.892. The molecule has 15 heteroatoms. The highest BCUT2D eigenvalue weighted by atomic mass is 32.1. The van der Waals surface area contributed by atoms with Gasteiger partial charge in [0.1, 0.15) is 16.8 Å². The van der Waals surface area contributed by atoms with Crippen molar-refractivity contribution in [2.45, 2.75) is 13.5 Å². The number of carbonyl (C=O) groups is 1. The van der Waals surface area contributed by atoms with Crippen LogP contribution in [0.4, 0.5) is 14.5 Å². The number of hydrogen-bond acceptors (Lipinski definition) is 11. The van der Waals surface area contributed by atoms with Gasteiger partial charge in [-0.2, -0.15) is 0 Å². The highest BCUT2D eigenvalue weighted by Gasteiger charge is 2.23. The van der Waals surface area contributed by atoms with Gasteiger partial charge in [-0.3, -0.25) is 14.3 Å². The highest BCUT2D eigenvalue weighted by Crippen LogP contribution is 2.29. The maximum atomic E-state index is 14.6. The minimum absolute atomic E-state index is 0.148. The number of nitrogens with zero attached hydrogens (tertiary/aromatic N) is 7. The lowest BCUT2D eigenvalue weighted by atomic mass is 10.2. The normalized spacial score (nSPS) is 14.3. The maximum absolute atomic E-state index is 14.6. The van der Waals surface area contributed by atoms with Crippen LogP contribution in [0.5, 0.6) is 5.75 Å². The molecule has 1 saturated heterocycles. The Morgan fingerprint density at radius 2 is 1.95 bits per heavy atom. The summed E-state index contributed by atoms with van der Waals surface area (Å²) in [6.45, 7) is 4.51. The summed E-state index contributed by atoms with van der Waals surface area (Å²) in [5.74, 6) is -1.53. The molecule has 0 saturated carbocycles. The van der Waals surface area contributed by atoms with Gasteiger partial charge in [-0.05, 0) is 19.1 Å². The zero-order valence-electron chi connectivity index (χ0n) is 22.0. The molecule has 1 aromatic carbocycles. The third kappa shape index (κ3) is 5.37. The number of piperazine rings is 1. The standard InChI is InChI=1S/C26H25F2N7O5S/c1-2-38-21(36)14-40-20-13-18(16(27)12-17(20)28)33-8-5-32(6-9-33)7-10-34-24-22(41-26(34)37)25-30-23(19-4-3-11-39-19)31-35(25)15-29-24/h3-4,11-13,15H,2,5-10,14H2,1H3. The van der Waals surface area contributed by atoms with E-state index in [1.54, 1.807) is 34.8 Å². The third-order valence-electron chi connectivity index (χ3n) is 6.74. The smallest absolute Gasteiger partial charge is 0.344 e. The van der Waals surface area contributed by atoms with Crippen LogP contribution in [0.3, 0.4) is 0 Å². The van der Waals surface area contributed by atoms with E-state index in [9.17, 15) is 18.4 Å². The number of ether oxygens (including phenoxy) is 2. The number of rotatable bonds is 9. The van der Waals surface area contributed by atoms with Crippen LogP contribution in [0.25, 0.3) is 27.6 Å². The largest absolute Gasteiger partial charge is 0.479 e. The molecule has 5 aromatic rings. The summed E-state index contributed by atoms with van der Waals surface area (Å²) in [7, 11) is 0.